The van der Waals surface area contributed by atoms with E-state index in [1.165, 1.54) is 44.8 Å². The standard InChI is InChI=1S/C52H60N2O2/c1-9-37-31-39(11-3)51(40(12-4)32-37)53(45-23-19-17-20-24-45)47-29-27-43(35-49(47)55-15-7)44-28-30-48(50(36-44)56-16-8)54(46-25-21-18-22-26-46)52-41(13-5)33-38(10-2)34-42(52)14-6/h17-36H,9-16H2,1-8H3. The monoisotopic (exact) mass is 744 g/mol. The van der Waals surface area contributed by atoms with Crippen molar-refractivity contribution < 1.29 is 9.47 Å². The second-order valence-electron chi connectivity index (χ2n) is 14.2. The maximum Gasteiger partial charge on any atom is 0.143 e. The molecule has 0 saturated heterocycles. The van der Waals surface area contributed by atoms with Crippen molar-refractivity contribution in [3.05, 3.63) is 155 Å². The van der Waals surface area contributed by atoms with Crippen molar-refractivity contribution in [1.82, 2.24) is 0 Å². The van der Waals surface area contributed by atoms with Gasteiger partial charge in [-0.25, -0.2) is 0 Å². The van der Waals surface area contributed by atoms with Crippen LogP contribution < -0.4 is 19.3 Å². The van der Waals surface area contributed by atoms with Gasteiger partial charge in [-0.2, -0.15) is 0 Å². The summed E-state index contributed by atoms with van der Waals surface area (Å²) >= 11 is 0. The van der Waals surface area contributed by atoms with Crippen LogP contribution in [0.25, 0.3) is 11.1 Å². The molecule has 0 unspecified atom stereocenters. The molecular formula is C52H60N2O2. The summed E-state index contributed by atoms with van der Waals surface area (Å²) in [5, 5.41) is 0. The van der Waals surface area contributed by atoms with Gasteiger partial charge in [0.25, 0.3) is 0 Å². The summed E-state index contributed by atoms with van der Waals surface area (Å²) in [4.78, 5) is 4.83. The van der Waals surface area contributed by atoms with Crippen LogP contribution in [0.5, 0.6) is 11.5 Å². The van der Waals surface area contributed by atoms with Gasteiger partial charge in [0.1, 0.15) is 11.5 Å². The molecule has 0 bridgehead atoms. The van der Waals surface area contributed by atoms with E-state index < -0.39 is 0 Å². The molecule has 4 nitrogen and oxygen atoms in total. The number of rotatable bonds is 17. The Labute approximate surface area is 336 Å². The Morgan fingerprint density at radius 1 is 0.375 bits per heavy atom. The number of benzene rings is 6. The lowest BCUT2D eigenvalue weighted by atomic mass is 9.95. The molecule has 0 radical (unpaired) electrons. The molecule has 56 heavy (non-hydrogen) atoms. The predicted octanol–water partition coefficient (Wildman–Crippen LogP) is 14.5. The largest absolute Gasteiger partial charge is 0.492 e. The number of aryl methyl sites for hydroxylation is 6. The lowest BCUT2D eigenvalue weighted by molar-refractivity contribution is 0.341. The second-order valence-corrected chi connectivity index (χ2v) is 14.2. The summed E-state index contributed by atoms with van der Waals surface area (Å²) in [5.41, 5.74) is 17.1. The van der Waals surface area contributed by atoms with E-state index >= 15 is 0 Å². The minimum Gasteiger partial charge on any atom is -0.492 e. The maximum atomic E-state index is 6.56. The Balaban J connectivity index is 1.53. The number of hydrogen-bond acceptors (Lipinski definition) is 4. The average molecular weight is 745 g/mol. The quantitative estimate of drug-likeness (QED) is 0.0928. The highest BCUT2D eigenvalue weighted by atomic mass is 16.5. The van der Waals surface area contributed by atoms with Crippen LogP contribution in [0.1, 0.15) is 88.8 Å². The van der Waals surface area contributed by atoms with Crippen LogP contribution in [0, 0.1) is 0 Å². The minimum absolute atomic E-state index is 0.556. The lowest BCUT2D eigenvalue weighted by Gasteiger charge is -2.32. The molecule has 0 saturated carbocycles. The van der Waals surface area contributed by atoms with Gasteiger partial charge >= 0.3 is 0 Å². The van der Waals surface area contributed by atoms with Gasteiger partial charge in [0.05, 0.1) is 36.0 Å². The van der Waals surface area contributed by atoms with Crippen LogP contribution in [0.2, 0.25) is 0 Å². The fraction of sp³-hybridized carbons (Fsp3) is 0.308. The average Bonchev–Trinajstić information content (AvgIpc) is 3.25. The number of anilines is 6. The van der Waals surface area contributed by atoms with Gasteiger partial charge < -0.3 is 19.3 Å². The predicted molar refractivity (Wildman–Crippen MR) is 240 cm³/mol. The Morgan fingerprint density at radius 2 is 0.714 bits per heavy atom. The van der Waals surface area contributed by atoms with Gasteiger partial charge in [0.15, 0.2) is 0 Å². The van der Waals surface area contributed by atoms with Gasteiger partial charge in [-0.15, -0.1) is 0 Å². The first-order valence-corrected chi connectivity index (χ1v) is 21.0. The van der Waals surface area contributed by atoms with E-state index in [4.69, 9.17) is 9.47 Å². The van der Waals surface area contributed by atoms with E-state index in [0.29, 0.717) is 13.2 Å². The first-order valence-electron chi connectivity index (χ1n) is 21.0. The Hall–Kier alpha value is -5.48. The lowest BCUT2D eigenvalue weighted by Crippen LogP contribution is -2.16. The van der Waals surface area contributed by atoms with Crippen molar-refractivity contribution in [2.24, 2.45) is 0 Å². The van der Waals surface area contributed by atoms with Crippen LogP contribution in [-0.2, 0) is 38.5 Å². The zero-order valence-corrected chi connectivity index (χ0v) is 34.9. The van der Waals surface area contributed by atoms with Gasteiger partial charge in [0, 0.05) is 11.4 Å². The van der Waals surface area contributed by atoms with Crippen LogP contribution in [0.15, 0.2) is 121 Å². The molecule has 0 aliphatic heterocycles. The normalized spacial score (nSPS) is 11.1. The molecule has 0 spiro atoms. The highest BCUT2D eigenvalue weighted by Crippen LogP contribution is 2.48. The Kier molecular flexibility index (Phi) is 13.6. The van der Waals surface area contributed by atoms with Crippen LogP contribution >= 0.6 is 0 Å². The molecule has 0 atom stereocenters. The fourth-order valence-electron chi connectivity index (χ4n) is 7.96. The van der Waals surface area contributed by atoms with Crippen LogP contribution in [-0.4, -0.2) is 13.2 Å². The van der Waals surface area contributed by atoms with Crippen molar-refractivity contribution in [3.63, 3.8) is 0 Å². The van der Waals surface area contributed by atoms with E-state index in [2.05, 4.69) is 187 Å². The van der Waals surface area contributed by atoms with Crippen LogP contribution in [0.4, 0.5) is 34.1 Å². The number of ether oxygens (including phenoxy) is 2. The van der Waals surface area contributed by atoms with Gasteiger partial charge in [-0.3, -0.25) is 0 Å². The van der Waals surface area contributed by atoms with E-state index in [9.17, 15) is 0 Å². The van der Waals surface area contributed by atoms with Crippen molar-refractivity contribution in [3.8, 4) is 22.6 Å². The SMILES string of the molecule is CCOc1cc(-c2ccc(N(c3ccccc3)c3c(CC)cc(CC)cc3CC)c(OCC)c2)ccc1N(c1ccccc1)c1c(CC)cc(CC)cc1CC. The molecular weight excluding hydrogens is 685 g/mol. The highest BCUT2D eigenvalue weighted by molar-refractivity contribution is 5.88. The topological polar surface area (TPSA) is 24.9 Å². The van der Waals surface area contributed by atoms with Crippen molar-refractivity contribution in [2.75, 3.05) is 23.0 Å². The molecule has 6 aromatic rings. The van der Waals surface area contributed by atoms with E-state index in [1.807, 2.05) is 0 Å². The molecule has 0 N–H and O–H groups in total. The summed E-state index contributed by atoms with van der Waals surface area (Å²) in [6, 6.07) is 44.4. The first kappa shape index (κ1) is 40.2. The zero-order chi connectivity index (χ0) is 39.6. The highest BCUT2D eigenvalue weighted by Gasteiger charge is 2.25. The summed E-state index contributed by atoms with van der Waals surface area (Å²) in [5.74, 6) is 1.70. The van der Waals surface area contributed by atoms with Crippen molar-refractivity contribution in [2.45, 2.75) is 93.9 Å². The Morgan fingerprint density at radius 3 is 1.00 bits per heavy atom. The molecule has 0 amide bonds. The number of para-hydroxylation sites is 2. The molecule has 0 heterocycles. The van der Waals surface area contributed by atoms with E-state index in [1.54, 1.807) is 0 Å². The third-order valence-electron chi connectivity index (χ3n) is 10.8. The molecule has 0 fully saturated rings. The molecule has 290 valence electrons. The summed E-state index contributed by atoms with van der Waals surface area (Å²) in [6.07, 6.45) is 5.79. The van der Waals surface area contributed by atoms with E-state index in [0.717, 1.165) is 83.9 Å². The minimum atomic E-state index is 0.556. The van der Waals surface area contributed by atoms with Crippen molar-refractivity contribution in [1.29, 1.82) is 0 Å². The summed E-state index contributed by atoms with van der Waals surface area (Å²) < 4.78 is 13.1. The molecule has 6 aromatic carbocycles. The molecule has 4 heteroatoms. The summed E-state index contributed by atoms with van der Waals surface area (Å²) in [7, 11) is 0. The molecule has 6 rings (SSSR count). The molecule has 0 aromatic heterocycles. The zero-order valence-electron chi connectivity index (χ0n) is 34.9. The van der Waals surface area contributed by atoms with Crippen molar-refractivity contribution >= 4 is 34.1 Å². The summed E-state index contributed by atoms with van der Waals surface area (Å²) in [6.45, 7) is 18.8. The third-order valence-corrected chi connectivity index (χ3v) is 10.8. The third kappa shape index (κ3) is 8.35. The maximum absolute atomic E-state index is 6.56. The molecule has 0 aliphatic rings. The van der Waals surface area contributed by atoms with Gasteiger partial charge in [0.2, 0.25) is 0 Å². The number of hydrogen-bond donors (Lipinski definition) is 0. The van der Waals surface area contributed by atoms with Crippen LogP contribution in [0.3, 0.4) is 0 Å². The Bertz CT molecular complexity index is 2000. The number of nitrogens with zero attached hydrogens (tertiary/aromatic N) is 2. The fourth-order valence-corrected chi connectivity index (χ4v) is 7.96. The smallest absolute Gasteiger partial charge is 0.143 e. The first-order chi connectivity index (χ1) is 27.4. The van der Waals surface area contributed by atoms with Gasteiger partial charge in [-0.1, -0.05) is 114 Å². The van der Waals surface area contributed by atoms with Gasteiger partial charge in [-0.05, 0) is 145 Å². The molecule has 0 aliphatic carbocycles. The second kappa shape index (κ2) is 18.9. The van der Waals surface area contributed by atoms with E-state index in [-0.39, 0.29) is 0 Å².